The van der Waals surface area contributed by atoms with Crippen LogP contribution in [0.4, 0.5) is 0 Å². The van der Waals surface area contributed by atoms with Crippen LogP contribution in [0.5, 0.6) is 0 Å². The van der Waals surface area contributed by atoms with Crippen LogP contribution in [0, 0.1) is 0 Å². The van der Waals surface area contributed by atoms with Gasteiger partial charge in [-0.05, 0) is 283 Å². The van der Waals surface area contributed by atoms with E-state index in [-0.39, 0.29) is 5.41 Å². The van der Waals surface area contributed by atoms with Crippen molar-refractivity contribution in [3.63, 3.8) is 0 Å². The number of nitrogens with zero attached hydrogens (tertiary/aromatic N) is 1. The van der Waals surface area contributed by atoms with Crippen molar-refractivity contribution in [2.45, 2.75) is 44.9 Å². The Kier molecular flexibility index (Phi) is 14.5. The third-order valence-electron chi connectivity index (χ3n) is 27.6. The molecule has 2 nitrogen and oxygen atoms in total. The molecule has 120 heavy (non-hydrogen) atoms. The molecule has 24 aromatic rings. The molecule has 0 bridgehead atoms. The highest BCUT2D eigenvalue weighted by atomic mass is 32.1. The second-order valence-corrected chi connectivity index (χ2v) is 35.3. The van der Waals surface area contributed by atoms with Gasteiger partial charge in [0.1, 0.15) is 11.2 Å². The summed E-state index contributed by atoms with van der Waals surface area (Å²) in [5.41, 5.74) is 34.5. The van der Waals surface area contributed by atoms with Gasteiger partial charge in [0.2, 0.25) is 0 Å². The van der Waals surface area contributed by atoms with Crippen LogP contribution in [0.2, 0.25) is 0 Å². The lowest BCUT2D eigenvalue weighted by Gasteiger charge is -2.23. The third kappa shape index (κ3) is 9.96. The molecule has 29 rings (SSSR count). The van der Waals surface area contributed by atoms with Crippen molar-refractivity contribution in [2.75, 3.05) is 0 Å². The summed E-state index contributed by atoms with van der Waals surface area (Å²) in [7, 11) is 0. The highest BCUT2D eigenvalue weighted by Gasteiger charge is 2.41. The molecule has 0 atom stereocenters. The predicted octanol–water partition coefficient (Wildman–Crippen LogP) is 31.9. The molecule has 0 saturated carbocycles. The Morgan fingerprint density at radius 2 is 0.783 bits per heavy atom. The Balaban J connectivity index is 0.0000000868. The van der Waals surface area contributed by atoms with Gasteiger partial charge in [-0.3, -0.25) is 0 Å². The Labute approximate surface area is 697 Å². The largest absolute Gasteiger partial charge is 0.456 e. The van der Waals surface area contributed by atoms with E-state index in [9.17, 15) is 0 Å². The van der Waals surface area contributed by atoms with Crippen molar-refractivity contribution in [1.29, 1.82) is 0 Å². The zero-order chi connectivity index (χ0) is 78.7. The van der Waals surface area contributed by atoms with Gasteiger partial charge in [-0.15, -0.1) is 11.3 Å². The Morgan fingerprint density at radius 1 is 0.258 bits per heavy atom. The lowest BCUT2D eigenvalue weighted by atomic mass is 9.80. The molecular formula is C117H75NOS. The number of thiophene rings is 1. The molecule has 0 amide bonds. The number of fused-ring (bicyclic) bond motifs is 41. The minimum Gasteiger partial charge on any atom is -0.456 e. The van der Waals surface area contributed by atoms with Gasteiger partial charge in [0, 0.05) is 59.2 Å². The summed E-state index contributed by atoms with van der Waals surface area (Å²) in [4.78, 5) is 0. The summed E-state index contributed by atoms with van der Waals surface area (Å²) < 4.78 is 11.6. The third-order valence-corrected chi connectivity index (χ3v) is 28.7. The van der Waals surface area contributed by atoms with Crippen molar-refractivity contribution in [3.05, 3.63) is 426 Å². The molecule has 0 radical (unpaired) electrons. The van der Waals surface area contributed by atoms with Crippen molar-refractivity contribution in [1.82, 2.24) is 4.57 Å². The molecule has 5 aliphatic rings. The number of hydrogen-bond donors (Lipinski definition) is 0. The molecule has 5 aliphatic carbocycles. The smallest absolute Gasteiger partial charge is 0.136 e. The first kappa shape index (κ1) is 67.7. The molecule has 560 valence electrons. The van der Waals surface area contributed by atoms with Gasteiger partial charge in [0.25, 0.3) is 0 Å². The molecule has 0 N–H and O–H groups in total. The maximum Gasteiger partial charge on any atom is 0.136 e. The lowest BCUT2D eigenvalue weighted by molar-refractivity contribution is 0.666. The second-order valence-electron chi connectivity index (χ2n) is 34.2. The van der Waals surface area contributed by atoms with E-state index in [2.05, 4.69) is 388 Å². The molecule has 0 saturated heterocycles. The van der Waals surface area contributed by atoms with E-state index >= 15 is 0 Å². The van der Waals surface area contributed by atoms with Crippen molar-refractivity contribution >= 4 is 161 Å². The number of rotatable bonds is 1. The summed E-state index contributed by atoms with van der Waals surface area (Å²) in [6.45, 7) is 4.79. The standard InChI is InChI=1S/C33H21N.C30H22.C27H16O.C27H16S/c1-2-11-25(12-3-1)34-31-17-14-21-8-6-7-13-26(21)32(31)28-16-15-27-29-19-23-10-5-4-9-22(23)18-24(29)20-30(27)33(28)34;1-30(2)26-16-15-23-25(17-20-12-11-18-7-3-5-9-21(18)27(20)23)28(26)24-14-13-19-8-4-6-10-22(19)29(24)30;1-2-6-17-12-20-15-26-24(14-19(20)11-16(17)5-1)27-23-13-18-7-3-4-8-21(18)22(23)9-10-25(27)28-26;1-2-6-18-16(5-1)9-12-20-19(18)11-10-17-15-23-21(26(17)20)13-14-25-27(23)22-7-3-4-8-24(22)28-25/h1-19H,20H2;3-16H,17H2,1-2H3;1-12,14-15H,13H2;1-14H,15H2. The maximum absolute atomic E-state index is 6.30. The van der Waals surface area contributed by atoms with Crippen LogP contribution in [0.1, 0.15) is 69.5 Å². The SMILES string of the molecule is CC1(C)c2ccc3c(c2-c2ccc4ccccc4c21)Cc1ccc2ccccc2c1-3.c1ccc(-n2c3ccc4ccccc4c3c3ccc4c(c32)Cc2cc3ccccc3cc2-4)cc1.c1ccc2c(c1)Cc1c-2ccc2oc3cc4cc5ccccc5cc4cc3c12.c1ccc2c(c1)ccc1c3c(ccc12)Cc1c-3ccc2sc3ccccc3c12. The van der Waals surface area contributed by atoms with E-state index in [1.165, 1.54) is 256 Å². The number of furan rings is 1. The van der Waals surface area contributed by atoms with E-state index in [1.807, 2.05) is 11.3 Å². The monoisotopic (exact) mass is 1540 g/mol. The van der Waals surface area contributed by atoms with Crippen LogP contribution in [0.15, 0.2) is 374 Å². The van der Waals surface area contributed by atoms with Crippen molar-refractivity contribution in [2.24, 2.45) is 0 Å². The van der Waals surface area contributed by atoms with Crippen LogP contribution in [-0.2, 0) is 31.1 Å². The fourth-order valence-electron chi connectivity index (χ4n) is 22.3. The average Bonchev–Trinajstić information content (AvgIpc) is 1.54. The van der Waals surface area contributed by atoms with Gasteiger partial charge >= 0.3 is 0 Å². The molecule has 0 fully saturated rings. The fraction of sp³-hybridized carbons (Fsp3) is 0.0598. The van der Waals surface area contributed by atoms with Gasteiger partial charge in [0.05, 0.1) is 11.0 Å². The topological polar surface area (TPSA) is 18.1 Å². The number of benzene rings is 21. The Hall–Kier alpha value is -14.5. The minimum absolute atomic E-state index is 0.0113. The highest BCUT2D eigenvalue weighted by Crippen LogP contribution is 2.58. The zero-order valence-electron chi connectivity index (χ0n) is 66.3. The summed E-state index contributed by atoms with van der Waals surface area (Å²) >= 11 is 1.91. The van der Waals surface area contributed by atoms with Gasteiger partial charge < -0.3 is 8.98 Å². The van der Waals surface area contributed by atoms with E-state index in [0.717, 1.165) is 36.8 Å². The molecule has 0 unspecified atom stereocenters. The predicted molar refractivity (Wildman–Crippen MR) is 511 cm³/mol. The summed E-state index contributed by atoms with van der Waals surface area (Å²) in [6.07, 6.45) is 4.01. The van der Waals surface area contributed by atoms with Crippen LogP contribution < -0.4 is 0 Å². The van der Waals surface area contributed by atoms with Crippen LogP contribution in [-0.4, -0.2) is 4.57 Å². The second kappa shape index (κ2) is 25.8. The van der Waals surface area contributed by atoms with Crippen LogP contribution in [0.3, 0.4) is 0 Å². The van der Waals surface area contributed by atoms with Crippen LogP contribution >= 0.6 is 11.3 Å². The van der Waals surface area contributed by atoms with Gasteiger partial charge in [-0.25, -0.2) is 0 Å². The molecule has 3 aromatic heterocycles. The normalized spacial score (nSPS) is 13.3. The first-order chi connectivity index (χ1) is 59.2. The van der Waals surface area contributed by atoms with E-state index in [4.69, 9.17) is 4.42 Å². The zero-order valence-corrected chi connectivity index (χ0v) is 67.1. The molecule has 3 heterocycles. The summed E-state index contributed by atoms with van der Waals surface area (Å²) in [5, 5.41) is 29.2. The van der Waals surface area contributed by atoms with E-state index in [0.29, 0.717) is 0 Å². The molecule has 0 aliphatic heterocycles. The number of aromatic nitrogens is 1. The van der Waals surface area contributed by atoms with Gasteiger partial charge in [0.15, 0.2) is 0 Å². The molecule has 0 spiro atoms. The van der Waals surface area contributed by atoms with E-state index in [1.54, 1.807) is 0 Å². The van der Waals surface area contributed by atoms with Gasteiger partial charge in [-0.1, -0.05) is 317 Å². The summed E-state index contributed by atoms with van der Waals surface area (Å²) in [6, 6.07) is 136. The van der Waals surface area contributed by atoms with Crippen molar-refractivity contribution in [3.8, 4) is 61.3 Å². The molecular weight excluding hydrogens is 1470 g/mol. The number of para-hydroxylation sites is 1. The Bertz CT molecular complexity index is 8640. The first-order valence-electron chi connectivity index (χ1n) is 42.3. The van der Waals surface area contributed by atoms with Crippen molar-refractivity contribution < 1.29 is 4.42 Å². The number of hydrogen-bond acceptors (Lipinski definition) is 2. The molecule has 21 aromatic carbocycles. The lowest BCUT2D eigenvalue weighted by Crippen LogP contribution is -2.15. The summed E-state index contributed by atoms with van der Waals surface area (Å²) in [5.74, 6) is 0. The highest BCUT2D eigenvalue weighted by molar-refractivity contribution is 7.25. The minimum atomic E-state index is 0.0113. The molecule has 3 heteroatoms. The van der Waals surface area contributed by atoms with Gasteiger partial charge in [-0.2, -0.15) is 0 Å². The fourth-order valence-corrected chi connectivity index (χ4v) is 23.4. The quantitative estimate of drug-likeness (QED) is 0.118. The maximum atomic E-state index is 6.30. The van der Waals surface area contributed by atoms with E-state index < -0.39 is 0 Å². The van der Waals surface area contributed by atoms with Crippen LogP contribution in [0.25, 0.3) is 211 Å². The first-order valence-corrected chi connectivity index (χ1v) is 43.1. The average molecular weight is 1540 g/mol. The Morgan fingerprint density at radius 3 is 1.58 bits per heavy atom.